The van der Waals surface area contributed by atoms with E-state index in [0.717, 1.165) is 55.3 Å². The van der Waals surface area contributed by atoms with Crippen LogP contribution >= 0.6 is 40.1 Å². The van der Waals surface area contributed by atoms with E-state index in [9.17, 15) is 0 Å². The van der Waals surface area contributed by atoms with Gasteiger partial charge in [-0.15, -0.1) is 70.9 Å². The van der Waals surface area contributed by atoms with Crippen molar-refractivity contribution in [2.45, 2.75) is 0 Å². The number of pyridine rings is 3. The van der Waals surface area contributed by atoms with Gasteiger partial charge in [-0.25, -0.2) is 29.4 Å². The van der Waals surface area contributed by atoms with Gasteiger partial charge >= 0.3 is 83.1 Å². The Morgan fingerprint density at radius 2 is 0.742 bits per heavy atom. The van der Waals surface area contributed by atoms with E-state index in [1.807, 2.05) is 176 Å². The van der Waals surface area contributed by atoms with E-state index < -0.39 is 0 Å². The van der Waals surface area contributed by atoms with Crippen molar-refractivity contribution in [2.24, 2.45) is 7.05 Å². The molecule has 0 saturated heterocycles. The molecule has 20 heteroatoms. The molecule has 6 heterocycles. The number of ether oxygens (including phenoxy) is 3. The summed E-state index contributed by atoms with van der Waals surface area (Å²) >= 11 is 8.04. The molecule has 13 nitrogen and oxygen atoms in total. The zero-order chi connectivity index (χ0) is 67.4. The van der Waals surface area contributed by atoms with Crippen LogP contribution in [0.1, 0.15) is 0 Å². The molecule has 9 aromatic carbocycles. The summed E-state index contributed by atoms with van der Waals surface area (Å²) in [5.74, 6) is 4.81. The first-order chi connectivity index (χ1) is 48.0. The number of hydrogen-bond acceptors (Lipinski definition) is 13. The van der Waals surface area contributed by atoms with Gasteiger partial charge in [-0.3, -0.25) is 9.67 Å². The Morgan fingerprint density at radius 3 is 1.18 bits per heavy atom. The van der Waals surface area contributed by atoms with Gasteiger partial charge in [0.1, 0.15) is 10.8 Å². The summed E-state index contributed by atoms with van der Waals surface area (Å²) in [6.07, 6.45) is 5.07. The van der Waals surface area contributed by atoms with Crippen molar-refractivity contribution in [2.75, 3.05) is 0 Å². The van der Waals surface area contributed by atoms with Crippen LogP contribution in [0, 0.1) is 18.2 Å². The van der Waals surface area contributed by atoms with Gasteiger partial charge in [-0.1, -0.05) is 200 Å². The summed E-state index contributed by atoms with van der Waals surface area (Å²) in [6.45, 7) is 0. The number of benzene rings is 9. The van der Waals surface area contributed by atoms with E-state index in [2.05, 4.69) is 234 Å². The average molecular weight is 1630 g/mol. The number of nitrogens with zero attached hydrogens (tertiary/aromatic N) is 9. The van der Waals surface area contributed by atoms with E-state index in [-0.39, 0.29) is 0 Å². The van der Waals surface area contributed by atoms with Crippen LogP contribution in [0.4, 0.5) is 0 Å². The molecule has 0 bridgehead atoms. The van der Waals surface area contributed by atoms with Gasteiger partial charge in [0.15, 0.2) is 0 Å². The maximum Gasteiger partial charge on any atom is 0.247 e. The number of halogens is 3. The maximum atomic E-state index is 5.82. The summed E-state index contributed by atoms with van der Waals surface area (Å²) in [6, 6.07) is 101. The van der Waals surface area contributed by atoms with Gasteiger partial charge in [0.05, 0.1) is 11.5 Å². The zero-order valence-electron chi connectivity index (χ0n) is 50.9. The molecule has 97 heavy (non-hydrogen) atoms. The quantitative estimate of drug-likeness (QED) is 0.0710. The number of hydrogen-bond donors (Lipinski definition) is 0. The van der Waals surface area contributed by atoms with Crippen molar-refractivity contribution in [1.29, 1.82) is 0 Å². The molecule has 0 aliphatic rings. The van der Waals surface area contributed by atoms with Gasteiger partial charge in [0.2, 0.25) is 23.5 Å². The summed E-state index contributed by atoms with van der Waals surface area (Å²) in [4.78, 5) is 21.8. The Bertz CT molecular complexity index is 4610. The van der Waals surface area contributed by atoms with Gasteiger partial charge in [0, 0.05) is 77.9 Å². The van der Waals surface area contributed by atoms with Crippen LogP contribution in [0.5, 0.6) is 34.9 Å². The molecule has 6 aromatic heterocycles. The summed E-state index contributed by atoms with van der Waals surface area (Å²) in [5.41, 5.74) is 14.3. The second-order valence-electron chi connectivity index (χ2n) is 20.3. The largest absolute Gasteiger partial charge is 0.459 e. The smallest absolute Gasteiger partial charge is 0.247 e. The van der Waals surface area contributed by atoms with Crippen LogP contribution in [0.3, 0.4) is 0 Å². The molecule has 486 valence electrons. The molecular weight excluding hydrogens is 1570 g/mol. The molecule has 0 spiro atoms. The van der Waals surface area contributed by atoms with Gasteiger partial charge in [0.25, 0.3) is 0 Å². The normalized spacial score (nSPS) is 10.2. The Labute approximate surface area is 610 Å². The van der Waals surface area contributed by atoms with Crippen LogP contribution in [0.2, 0.25) is 0 Å². The van der Waals surface area contributed by atoms with Crippen molar-refractivity contribution in [3.05, 3.63) is 316 Å². The Morgan fingerprint density at radius 1 is 0.371 bits per heavy atom. The maximum absolute atomic E-state index is 5.82. The first-order valence-corrected chi connectivity index (χ1v) is 36.1. The third kappa shape index (κ3) is 19.9. The topological polar surface area (TPSA) is 149 Å². The van der Waals surface area contributed by atoms with Gasteiger partial charge < -0.3 is 18.7 Å². The SMILES string of the molecule is Cn1nc(-c2[c-]c(Oc3ccccn3)ccc2)cc1-c1ccc(-c2ccccc2)cc1.[Cl][Pd+].[Cl][Pd+].[Cl][Pd+].[c-]1c(Oc2ccccn2)cccc1-c1noc(-c2ccc(-c3ccccc3)cc2)n1.[c-]1c(Oc2ccccn2)cccc1-c1nsc(-c2ccc(-c3ccccc3)cc2)n1. The molecule has 15 rings (SSSR count). The first kappa shape index (κ1) is 70.4. The fraction of sp³-hybridized carbons (Fsp3) is 0.0130. The van der Waals surface area contributed by atoms with Crippen LogP contribution < -0.4 is 14.2 Å². The molecule has 0 unspecified atom stereocenters. The van der Waals surface area contributed by atoms with E-state index in [4.69, 9.17) is 28.8 Å². The minimum atomic E-state index is 0.448. The molecule has 0 fully saturated rings. The number of rotatable bonds is 15. The Kier molecular flexibility index (Phi) is 27.0. The van der Waals surface area contributed by atoms with Crippen molar-refractivity contribution in [3.63, 3.8) is 0 Å². The van der Waals surface area contributed by atoms with Crippen molar-refractivity contribution < 1.29 is 73.3 Å². The summed E-state index contributed by atoms with van der Waals surface area (Å²) in [5, 5.41) is 9.67. The molecule has 0 radical (unpaired) electrons. The van der Waals surface area contributed by atoms with Crippen LogP contribution in [-0.2, 0) is 61.6 Å². The van der Waals surface area contributed by atoms with E-state index in [0.29, 0.717) is 58.0 Å². The minimum absolute atomic E-state index is 0.448. The molecular formula is C77H52Cl3N9O4Pd3S. The average Bonchev–Trinajstić information content (AvgIpc) is 1.99. The predicted octanol–water partition coefficient (Wildman–Crippen LogP) is 21.1. The fourth-order valence-electron chi connectivity index (χ4n) is 9.60. The van der Waals surface area contributed by atoms with Crippen molar-refractivity contribution >= 4 is 40.1 Å². The molecule has 0 aliphatic heterocycles. The van der Waals surface area contributed by atoms with Crippen LogP contribution in [0.15, 0.2) is 302 Å². The third-order valence-electron chi connectivity index (χ3n) is 14.1. The van der Waals surface area contributed by atoms with Crippen LogP contribution in [-0.4, -0.2) is 44.2 Å². The standard InChI is InChI=1S/C27H20N3O.C25H16N3O2.C25H16N3OS.3ClH.3Pd/c1-30-26(22-15-13-21(14-16-22)20-8-3-2-4-9-20)19-25(29-30)23-10-7-11-24(18-23)31-27-12-5-6-17-28-27;2*1-2-7-18(8-3-1)19-12-14-20(15-13-19)25-27-24(28-30-25)21-9-6-10-22(17-21)29-23-11-4-5-16-26-23;;;;;;/h2-17,19H,1H3;2*1-16H;3*1H;;;/q3*-1;;;;3*+2/p-3. The Hall–Kier alpha value is -9.40. The summed E-state index contributed by atoms with van der Waals surface area (Å²) < 4.78 is 29.2. The van der Waals surface area contributed by atoms with E-state index in [1.165, 1.54) is 33.8 Å². The Balaban J connectivity index is 0.000000152. The minimum Gasteiger partial charge on any atom is -0.459 e. The molecule has 0 N–H and O–H groups in total. The van der Waals surface area contributed by atoms with E-state index >= 15 is 0 Å². The third-order valence-corrected chi connectivity index (χ3v) is 14.9. The van der Waals surface area contributed by atoms with Gasteiger partial charge in [-0.2, -0.15) is 0 Å². The van der Waals surface area contributed by atoms with Crippen molar-refractivity contribution in [1.82, 2.24) is 44.2 Å². The van der Waals surface area contributed by atoms with Gasteiger partial charge in [-0.05, 0) is 80.8 Å². The summed E-state index contributed by atoms with van der Waals surface area (Å²) in [7, 11) is 15.4. The fourth-order valence-corrected chi connectivity index (χ4v) is 10.3. The van der Waals surface area contributed by atoms with E-state index in [1.54, 1.807) is 30.7 Å². The molecule has 0 saturated carbocycles. The molecule has 0 atom stereocenters. The molecule has 0 aliphatic carbocycles. The predicted molar refractivity (Wildman–Crippen MR) is 373 cm³/mol. The number of aryl methyl sites for hydroxylation is 1. The second kappa shape index (κ2) is 37.2. The second-order valence-corrected chi connectivity index (χ2v) is 21.1. The monoisotopic (exact) mass is 1620 g/mol. The number of aromatic nitrogens is 9. The molecule has 15 aromatic rings. The van der Waals surface area contributed by atoms with Crippen LogP contribution in [0.25, 0.3) is 101 Å². The zero-order valence-corrected chi connectivity index (χ0v) is 58.7. The van der Waals surface area contributed by atoms with Crippen molar-refractivity contribution in [3.8, 4) is 136 Å². The first-order valence-electron chi connectivity index (χ1n) is 29.4. The molecule has 0 amide bonds.